The van der Waals surface area contributed by atoms with E-state index in [4.69, 9.17) is 4.42 Å². The van der Waals surface area contributed by atoms with Gasteiger partial charge in [-0.05, 0) is 23.1 Å². The minimum atomic E-state index is -0.175. The van der Waals surface area contributed by atoms with Crippen molar-refractivity contribution in [2.24, 2.45) is 0 Å². The Hall–Kier alpha value is -2.42. The van der Waals surface area contributed by atoms with Gasteiger partial charge >= 0.3 is 0 Å². The molecule has 0 spiro atoms. The number of benzene rings is 2. The zero-order valence-electron chi connectivity index (χ0n) is 12.3. The second-order valence-corrected chi connectivity index (χ2v) is 6.32. The van der Waals surface area contributed by atoms with Crippen LogP contribution in [0.5, 0.6) is 11.5 Å². The molecule has 1 aromatic heterocycles. The van der Waals surface area contributed by atoms with Crippen LogP contribution in [0, 0.1) is 0 Å². The molecule has 0 bridgehead atoms. The molecule has 0 fully saturated rings. The van der Waals surface area contributed by atoms with Crippen molar-refractivity contribution in [2.45, 2.75) is 26.2 Å². The van der Waals surface area contributed by atoms with Crippen LogP contribution in [-0.2, 0) is 5.41 Å². The molecule has 108 valence electrons. The summed E-state index contributed by atoms with van der Waals surface area (Å²) in [7, 11) is 0. The van der Waals surface area contributed by atoms with Gasteiger partial charge in [-0.3, -0.25) is 0 Å². The van der Waals surface area contributed by atoms with E-state index >= 15 is 0 Å². The lowest BCUT2D eigenvalue weighted by molar-refractivity contribution is 0.404. The highest BCUT2D eigenvalue weighted by Crippen LogP contribution is 2.35. The first-order valence-electron chi connectivity index (χ1n) is 6.91. The zero-order chi connectivity index (χ0) is 15.2. The van der Waals surface area contributed by atoms with Crippen molar-refractivity contribution < 1.29 is 14.6 Å². The van der Waals surface area contributed by atoms with Crippen LogP contribution in [0.25, 0.3) is 22.3 Å². The second kappa shape index (κ2) is 4.55. The van der Waals surface area contributed by atoms with Crippen molar-refractivity contribution in [1.29, 1.82) is 0 Å². The summed E-state index contributed by atoms with van der Waals surface area (Å²) in [6.45, 7) is 6.53. The largest absolute Gasteiger partial charge is 0.504 e. The van der Waals surface area contributed by atoms with Crippen molar-refractivity contribution in [2.75, 3.05) is 0 Å². The molecule has 3 nitrogen and oxygen atoms in total. The highest BCUT2D eigenvalue weighted by atomic mass is 16.3. The molecule has 3 aromatic rings. The van der Waals surface area contributed by atoms with Gasteiger partial charge in [0.05, 0.1) is 0 Å². The lowest BCUT2D eigenvalue weighted by Gasteiger charge is -2.18. The molecule has 3 rings (SSSR count). The van der Waals surface area contributed by atoms with E-state index in [-0.39, 0.29) is 16.9 Å². The maximum Gasteiger partial charge on any atom is 0.161 e. The fraction of sp³-hybridized carbons (Fsp3) is 0.222. The van der Waals surface area contributed by atoms with Gasteiger partial charge in [-0.2, -0.15) is 0 Å². The predicted molar refractivity (Wildman–Crippen MR) is 83.7 cm³/mol. The summed E-state index contributed by atoms with van der Waals surface area (Å²) >= 11 is 0. The van der Waals surface area contributed by atoms with Gasteiger partial charge in [0.2, 0.25) is 0 Å². The van der Waals surface area contributed by atoms with Gasteiger partial charge < -0.3 is 14.6 Å². The van der Waals surface area contributed by atoms with Gasteiger partial charge in [0, 0.05) is 17.0 Å². The Balaban J connectivity index is 2.04. The van der Waals surface area contributed by atoms with Gasteiger partial charge in [-0.1, -0.05) is 45.0 Å². The van der Waals surface area contributed by atoms with Crippen LogP contribution in [0.1, 0.15) is 26.3 Å². The van der Waals surface area contributed by atoms with E-state index < -0.39 is 0 Å². The number of aromatic hydroxyl groups is 2. The Morgan fingerprint density at radius 2 is 1.48 bits per heavy atom. The zero-order valence-corrected chi connectivity index (χ0v) is 12.3. The summed E-state index contributed by atoms with van der Waals surface area (Å²) in [5.41, 5.74) is 2.90. The highest BCUT2D eigenvalue weighted by Gasteiger charge is 2.14. The quantitative estimate of drug-likeness (QED) is 0.630. The summed E-state index contributed by atoms with van der Waals surface area (Å²) < 4.78 is 5.74. The Morgan fingerprint density at radius 1 is 0.857 bits per heavy atom. The summed E-state index contributed by atoms with van der Waals surface area (Å²) in [6.07, 6.45) is 0. The summed E-state index contributed by atoms with van der Waals surface area (Å²) in [6, 6.07) is 13.0. The Labute approximate surface area is 123 Å². The summed E-state index contributed by atoms with van der Waals surface area (Å²) in [5, 5.41) is 19.8. The van der Waals surface area contributed by atoms with Gasteiger partial charge in [0.1, 0.15) is 11.3 Å². The molecule has 0 saturated carbocycles. The van der Waals surface area contributed by atoms with Crippen LogP contribution in [0.3, 0.4) is 0 Å². The molecule has 3 heteroatoms. The van der Waals surface area contributed by atoms with Crippen molar-refractivity contribution in [3.8, 4) is 22.8 Å². The minimum absolute atomic E-state index is 0.115. The first-order valence-corrected chi connectivity index (χ1v) is 6.91. The molecule has 0 aliphatic carbocycles. The first-order chi connectivity index (χ1) is 9.84. The topological polar surface area (TPSA) is 53.6 Å². The average molecular weight is 282 g/mol. The summed E-state index contributed by atoms with van der Waals surface area (Å²) in [5.74, 6) is 0.403. The maximum atomic E-state index is 9.53. The molecule has 0 amide bonds. The lowest BCUT2D eigenvalue weighted by Crippen LogP contribution is -2.10. The number of phenolic OH excluding ortho intramolecular Hbond substituents is 2. The molecule has 0 radical (unpaired) electrons. The maximum absolute atomic E-state index is 9.53. The minimum Gasteiger partial charge on any atom is -0.504 e. The number of fused-ring (bicyclic) bond motifs is 1. The van der Waals surface area contributed by atoms with Gasteiger partial charge in [-0.25, -0.2) is 0 Å². The van der Waals surface area contributed by atoms with Gasteiger partial charge in [-0.15, -0.1) is 0 Å². The smallest absolute Gasteiger partial charge is 0.161 e. The number of hydrogen-bond donors (Lipinski definition) is 2. The van der Waals surface area contributed by atoms with Crippen LogP contribution >= 0.6 is 0 Å². The molecular weight excluding hydrogens is 264 g/mol. The van der Waals surface area contributed by atoms with Crippen molar-refractivity contribution >= 4 is 11.0 Å². The van der Waals surface area contributed by atoms with Crippen LogP contribution < -0.4 is 0 Å². The van der Waals surface area contributed by atoms with Crippen LogP contribution in [0.4, 0.5) is 0 Å². The Bertz CT molecular complexity index is 751. The summed E-state index contributed by atoms with van der Waals surface area (Å²) in [4.78, 5) is 0. The normalized spacial score (nSPS) is 12.0. The molecule has 1 heterocycles. The van der Waals surface area contributed by atoms with Gasteiger partial charge in [0.25, 0.3) is 0 Å². The van der Waals surface area contributed by atoms with E-state index in [1.807, 2.05) is 18.2 Å². The van der Waals surface area contributed by atoms with E-state index in [9.17, 15) is 10.2 Å². The second-order valence-electron chi connectivity index (χ2n) is 6.32. The number of hydrogen-bond acceptors (Lipinski definition) is 3. The van der Waals surface area contributed by atoms with E-state index in [1.54, 1.807) is 0 Å². The molecule has 0 atom stereocenters. The number of phenols is 2. The van der Waals surface area contributed by atoms with Crippen molar-refractivity contribution in [1.82, 2.24) is 0 Å². The number of rotatable bonds is 1. The van der Waals surface area contributed by atoms with Crippen LogP contribution in [0.15, 0.2) is 46.9 Å². The third kappa shape index (κ3) is 2.47. The van der Waals surface area contributed by atoms with Crippen LogP contribution in [-0.4, -0.2) is 10.2 Å². The molecule has 2 aromatic carbocycles. The standard InChI is InChI=1S/C18H18O3/c1-18(2,3)13-6-4-11(5-7-13)16-9-12-8-14(19)15(20)10-17(12)21-16/h4-10,19-20H,1-3H3. The average Bonchev–Trinajstić information content (AvgIpc) is 2.81. The number of furan rings is 1. The predicted octanol–water partition coefficient (Wildman–Crippen LogP) is 4.81. The molecular formula is C18H18O3. The molecule has 0 aliphatic heterocycles. The molecule has 0 unspecified atom stereocenters. The highest BCUT2D eigenvalue weighted by molar-refractivity contribution is 5.85. The lowest BCUT2D eigenvalue weighted by atomic mass is 9.86. The Morgan fingerprint density at radius 3 is 2.10 bits per heavy atom. The van der Waals surface area contributed by atoms with E-state index in [2.05, 4.69) is 32.9 Å². The third-order valence-electron chi connectivity index (χ3n) is 3.65. The van der Waals surface area contributed by atoms with E-state index in [1.165, 1.54) is 17.7 Å². The molecule has 2 N–H and O–H groups in total. The Kier molecular flexibility index (Phi) is 2.94. The molecule has 21 heavy (non-hydrogen) atoms. The van der Waals surface area contributed by atoms with E-state index in [0.717, 1.165) is 16.7 Å². The monoisotopic (exact) mass is 282 g/mol. The van der Waals surface area contributed by atoms with E-state index in [0.29, 0.717) is 5.58 Å². The SMILES string of the molecule is CC(C)(C)c1ccc(-c2cc3cc(O)c(O)cc3o2)cc1. The fourth-order valence-corrected chi connectivity index (χ4v) is 2.34. The molecule has 0 aliphatic rings. The van der Waals surface area contributed by atoms with Crippen LogP contribution in [0.2, 0.25) is 0 Å². The third-order valence-corrected chi connectivity index (χ3v) is 3.65. The first kappa shape index (κ1) is 13.6. The van der Waals surface area contributed by atoms with Gasteiger partial charge in [0.15, 0.2) is 11.5 Å². The van der Waals surface area contributed by atoms with Crippen molar-refractivity contribution in [3.63, 3.8) is 0 Å². The van der Waals surface area contributed by atoms with Crippen molar-refractivity contribution in [3.05, 3.63) is 48.0 Å². The molecule has 0 saturated heterocycles. The fourth-order valence-electron chi connectivity index (χ4n) is 2.34.